The fraction of sp³-hybridized carbons (Fsp3) is 0.696. The van der Waals surface area contributed by atoms with Crippen molar-refractivity contribution in [3.8, 4) is 17.1 Å². The van der Waals surface area contributed by atoms with Crippen LogP contribution in [0.2, 0.25) is 0 Å². The standard InChI is InChI=1S/C23H37FN4O2/c1-23(2,3)15-11-9-7-5-4-6-8-10-12-16-30-18-28-22(25-26-27-28)19-13-14-21(29)20(24)17-19/h13-14,17,29H,4-12,15-16,18H2,1-3H3. The summed E-state index contributed by atoms with van der Waals surface area (Å²) in [5.74, 6) is -0.682. The Labute approximate surface area is 179 Å². The maximum absolute atomic E-state index is 13.5. The van der Waals surface area contributed by atoms with Crippen molar-refractivity contribution in [3.05, 3.63) is 24.0 Å². The molecule has 0 saturated carbocycles. The van der Waals surface area contributed by atoms with E-state index in [9.17, 15) is 9.50 Å². The van der Waals surface area contributed by atoms with E-state index >= 15 is 0 Å². The van der Waals surface area contributed by atoms with Crippen LogP contribution in [0.3, 0.4) is 0 Å². The largest absolute Gasteiger partial charge is 0.505 e. The molecule has 0 unspecified atom stereocenters. The summed E-state index contributed by atoms with van der Waals surface area (Å²) in [5.41, 5.74) is 0.967. The molecule has 0 aliphatic rings. The highest BCUT2D eigenvalue weighted by molar-refractivity contribution is 5.56. The summed E-state index contributed by atoms with van der Waals surface area (Å²) < 4.78 is 20.7. The van der Waals surface area contributed by atoms with Crippen molar-refractivity contribution in [2.24, 2.45) is 5.41 Å². The first kappa shape index (κ1) is 24.3. The molecule has 0 radical (unpaired) electrons. The van der Waals surface area contributed by atoms with Gasteiger partial charge in [0.2, 0.25) is 0 Å². The van der Waals surface area contributed by atoms with Crippen LogP contribution in [0.1, 0.15) is 85.0 Å². The second kappa shape index (κ2) is 12.6. The zero-order valence-electron chi connectivity index (χ0n) is 18.7. The number of phenolic OH excluding ortho intramolecular Hbond substituents is 1. The molecule has 1 N–H and O–H groups in total. The van der Waals surface area contributed by atoms with Gasteiger partial charge in [-0.25, -0.2) is 4.39 Å². The molecule has 6 nitrogen and oxygen atoms in total. The summed E-state index contributed by atoms with van der Waals surface area (Å²) in [6.07, 6.45) is 12.8. The van der Waals surface area contributed by atoms with Crippen molar-refractivity contribution >= 4 is 0 Å². The summed E-state index contributed by atoms with van der Waals surface area (Å²) in [6.45, 7) is 7.81. The van der Waals surface area contributed by atoms with Gasteiger partial charge in [0.15, 0.2) is 17.4 Å². The average Bonchev–Trinajstić information content (AvgIpc) is 3.15. The van der Waals surface area contributed by atoms with Crippen molar-refractivity contribution in [2.75, 3.05) is 6.61 Å². The van der Waals surface area contributed by atoms with Crippen LogP contribution in [0.4, 0.5) is 4.39 Å². The Morgan fingerprint density at radius 3 is 2.23 bits per heavy atom. The summed E-state index contributed by atoms with van der Waals surface area (Å²) >= 11 is 0. The number of rotatable bonds is 14. The molecule has 0 spiro atoms. The van der Waals surface area contributed by atoms with E-state index in [1.54, 1.807) is 6.07 Å². The van der Waals surface area contributed by atoms with Crippen LogP contribution in [-0.4, -0.2) is 31.9 Å². The number of nitrogens with zero attached hydrogens (tertiary/aromatic N) is 4. The molecule has 0 saturated heterocycles. The SMILES string of the molecule is CC(C)(C)CCCCCCCCCCCOCn1nnnc1-c1ccc(O)c(F)c1. The normalized spacial score (nSPS) is 11.9. The van der Waals surface area contributed by atoms with Gasteiger partial charge in [-0.1, -0.05) is 72.1 Å². The molecule has 0 bridgehead atoms. The van der Waals surface area contributed by atoms with Crippen LogP contribution in [0.5, 0.6) is 5.75 Å². The second-order valence-electron chi connectivity index (χ2n) is 9.20. The van der Waals surface area contributed by atoms with E-state index in [2.05, 4.69) is 36.3 Å². The average molecular weight is 421 g/mol. The van der Waals surface area contributed by atoms with E-state index in [0.29, 0.717) is 23.4 Å². The molecular formula is C23H37FN4O2. The van der Waals surface area contributed by atoms with Crippen molar-refractivity contribution in [2.45, 2.75) is 91.7 Å². The van der Waals surface area contributed by atoms with E-state index in [0.717, 1.165) is 12.8 Å². The van der Waals surface area contributed by atoms with Crippen molar-refractivity contribution in [1.82, 2.24) is 20.2 Å². The number of hydrogen-bond donors (Lipinski definition) is 1. The predicted octanol–water partition coefficient (Wildman–Crippen LogP) is 6.11. The number of ether oxygens (including phenoxy) is 1. The Kier molecular flexibility index (Phi) is 10.2. The second-order valence-corrected chi connectivity index (χ2v) is 9.20. The minimum atomic E-state index is -0.701. The molecular weight excluding hydrogens is 383 g/mol. The first-order chi connectivity index (χ1) is 14.4. The van der Waals surface area contributed by atoms with Gasteiger partial charge in [-0.2, -0.15) is 4.68 Å². The number of tetrazole rings is 1. The van der Waals surface area contributed by atoms with Crippen molar-refractivity contribution in [3.63, 3.8) is 0 Å². The lowest BCUT2D eigenvalue weighted by Gasteiger charge is -2.17. The molecule has 1 aromatic carbocycles. The highest BCUT2D eigenvalue weighted by Crippen LogP contribution is 2.23. The highest BCUT2D eigenvalue weighted by Gasteiger charge is 2.11. The van der Waals surface area contributed by atoms with E-state index < -0.39 is 11.6 Å². The summed E-state index contributed by atoms with van der Waals surface area (Å²) in [6, 6.07) is 4.07. The van der Waals surface area contributed by atoms with Gasteiger partial charge in [-0.15, -0.1) is 5.10 Å². The predicted molar refractivity (Wildman–Crippen MR) is 116 cm³/mol. The lowest BCUT2D eigenvalue weighted by Crippen LogP contribution is -2.07. The van der Waals surface area contributed by atoms with Crippen LogP contribution in [0.25, 0.3) is 11.4 Å². The van der Waals surface area contributed by atoms with Gasteiger partial charge in [-0.3, -0.25) is 0 Å². The summed E-state index contributed by atoms with van der Waals surface area (Å²) in [5, 5.41) is 20.8. The zero-order valence-corrected chi connectivity index (χ0v) is 18.7. The molecule has 0 aliphatic heterocycles. The molecule has 2 rings (SSSR count). The molecule has 30 heavy (non-hydrogen) atoms. The molecule has 7 heteroatoms. The van der Waals surface area contributed by atoms with E-state index in [4.69, 9.17) is 4.74 Å². The van der Waals surface area contributed by atoms with Gasteiger partial charge in [0, 0.05) is 12.2 Å². The van der Waals surface area contributed by atoms with E-state index in [-0.39, 0.29) is 6.73 Å². The number of aromatic nitrogens is 4. The molecule has 0 aliphatic carbocycles. The van der Waals surface area contributed by atoms with Crippen LogP contribution in [0.15, 0.2) is 18.2 Å². The quantitative estimate of drug-likeness (QED) is 0.374. The molecule has 1 aromatic heterocycles. The Hall–Kier alpha value is -2.02. The Balaban J connectivity index is 1.50. The Morgan fingerprint density at radius 1 is 0.967 bits per heavy atom. The first-order valence-electron chi connectivity index (χ1n) is 11.2. The van der Waals surface area contributed by atoms with Crippen molar-refractivity contribution < 1.29 is 14.2 Å². The van der Waals surface area contributed by atoms with E-state index in [1.165, 1.54) is 68.2 Å². The van der Waals surface area contributed by atoms with Crippen LogP contribution >= 0.6 is 0 Å². The van der Waals surface area contributed by atoms with Crippen LogP contribution in [-0.2, 0) is 11.5 Å². The van der Waals surface area contributed by atoms with Crippen LogP contribution in [0, 0.1) is 11.2 Å². The number of phenols is 1. The lowest BCUT2D eigenvalue weighted by molar-refractivity contribution is 0.0657. The maximum Gasteiger partial charge on any atom is 0.184 e. The smallest absolute Gasteiger partial charge is 0.184 e. The summed E-state index contributed by atoms with van der Waals surface area (Å²) in [4.78, 5) is 0. The van der Waals surface area contributed by atoms with Gasteiger partial charge >= 0.3 is 0 Å². The molecule has 0 amide bonds. The number of unbranched alkanes of at least 4 members (excludes halogenated alkanes) is 8. The number of aromatic hydroxyl groups is 1. The topological polar surface area (TPSA) is 73.1 Å². The first-order valence-corrected chi connectivity index (χ1v) is 11.2. The number of hydrogen-bond acceptors (Lipinski definition) is 5. The fourth-order valence-electron chi connectivity index (χ4n) is 3.39. The molecule has 1 heterocycles. The van der Waals surface area contributed by atoms with Gasteiger partial charge in [-0.05, 0) is 46.9 Å². The molecule has 0 fully saturated rings. The highest BCUT2D eigenvalue weighted by atomic mass is 19.1. The van der Waals surface area contributed by atoms with Gasteiger partial charge in [0.25, 0.3) is 0 Å². The van der Waals surface area contributed by atoms with E-state index in [1.807, 2.05) is 0 Å². The molecule has 168 valence electrons. The van der Waals surface area contributed by atoms with Crippen LogP contribution < -0.4 is 0 Å². The third-order valence-electron chi connectivity index (χ3n) is 5.17. The minimum absolute atomic E-state index is 0.222. The third kappa shape index (κ3) is 9.20. The Morgan fingerprint density at radius 2 is 1.60 bits per heavy atom. The Bertz CT molecular complexity index is 743. The number of benzene rings is 1. The number of halogens is 1. The zero-order chi connectivity index (χ0) is 21.8. The van der Waals surface area contributed by atoms with Gasteiger partial charge in [0.05, 0.1) is 0 Å². The summed E-state index contributed by atoms with van der Waals surface area (Å²) in [7, 11) is 0. The van der Waals surface area contributed by atoms with Gasteiger partial charge < -0.3 is 9.84 Å². The maximum atomic E-state index is 13.5. The minimum Gasteiger partial charge on any atom is -0.505 e. The molecule has 0 atom stereocenters. The van der Waals surface area contributed by atoms with Gasteiger partial charge in [0.1, 0.15) is 6.73 Å². The lowest BCUT2D eigenvalue weighted by atomic mass is 9.89. The van der Waals surface area contributed by atoms with Crippen molar-refractivity contribution in [1.29, 1.82) is 0 Å². The molecule has 2 aromatic rings. The third-order valence-corrected chi connectivity index (χ3v) is 5.17. The fourth-order valence-corrected chi connectivity index (χ4v) is 3.39. The monoisotopic (exact) mass is 420 g/mol.